The first-order chi connectivity index (χ1) is 9.09. The number of ether oxygens (including phenoxy) is 2. The highest BCUT2D eigenvalue weighted by molar-refractivity contribution is 6.33. The van der Waals surface area contributed by atoms with E-state index in [-0.39, 0.29) is 12.5 Å². The summed E-state index contributed by atoms with van der Waals surface area (Å²) in [6.45, 7) is 3.98. The van der Waals surface area contributed by atoms with E-state index in [1.54, 1.807) is 13.8 Å². The van der Waals surface area contributed by atoms with Gasteiger partial charge in [-0.15, -0.1) is 0 Å². The van der Waals surface area contributed by atoms with Crippen LogP contribution in [0.4, 0.5) is 0 Å². The summed E-state index contributed by atoms with van der Waals surface area (Å²) in [5.74, 6) is -0.388. The molecule has 19 heavy (non-hydrogen) atoms. The molecule has 0 aliphatic carbocycles. The summed E-state index contributed by atoms with van der Waals surface area (Å²) in [7, 11) is 0. The molecule has 0 aromatic heterocycles. The van der Waals surface area contributed by atoms with Crippen LogP contribution in [0.2, 0.25) is 0 Å². The van der Waals surface area contributed by atoms with Crippen molar-refractivity contribution in [3.8, 4) is 5.75 Å². The molecule has 0 radical (unpaired) electrons. The van der Waals surface area contributed by atoms with Crippen LogP contribution in [0.25, 0.3) is 0 Å². The van der Waals surface area contributed by atoms with Crippen LogP contribution in [0.15, 0.2) is 30.3 Å². The van der Waals surface area contributed by atoms with Gasteiger partial charge in [0.25, 0.3) is 0 Å². The largest absolute Gasteiger partial charge is 0.494 e. The fourth-order valence-corrected chi connectivity index (χ4v) is 1.48. The third-order valence-electron chi connectivity index (χ3n) is 2.38. The second-order valence-corrected chi connectivity index (χ2v) is 4.50. The zero-order valence-corrected chi connectivity index (χ0v) is 11.4. The van der Waals surface area contributed by atoms with Gasteiger partial charge in [-0.2, -0.15) is 0 Å². The van der Waals surface area contributed by atoms with Gasteiger partial charge >= 0.3 is 5.97 Å². The van der Waals surface area contributed by atoms with Crippen molar-refractivity contribution in [2.45, 2.75) is 39.2 Å². The molecule has 104 valence electrons. The number of carbonyl (C=O) groups is 2. The topological polar surface area (TPSA) is 52.6 Å². The number of esters is 1. The van der Waals surface area contributed by atoms with Gasteiger partial charge in [0.05, 0.1) is 12.7 Å². The van der Waals surface area contributed by atoms with Crippen molar-refractivity contribution in [2.24, 2.45) is 0 Å². The quantitative estimate of drug-likeness (QED) is 0.411. The highest BCUT2D eigenvalue weighted by Crippen LogP contribution is 2.09. The highest BCUT2D eigenvalue weighted by atomic mass is 16.5. The normalized spacial score (nSPS) is 10.3. The van der Waals surface area contributed by atoms with E-state index < -0.39 is 11.8 Å². The zero-order chi connectivity index (χ0) is 14.1. The van der Waals surface area contributed by atoms with E-state index in [2.05, 4.69) is 0 Å². The van der Waals surface area contributed by atoms with E-state index in [1.807, 2.05) is 30.3 Å². The number of hydrogen-bond acceptors (Lipinski definition) is 4. The number of unbranched alkanes of at least 4 members (excludes halogenated alkanes) is 1. The Hall–Kier alpha value is -1.84. The first kappa shape index (κ1) is 15.2. The number of Topliss-reactive ketones (excluding diaryl/α,β-unsaturated/α-hetero) is 1. The first-order valence-corrected chi connectivity index (χ1v) is 6.51. The Morgan fingerprint density at radius 1 is 1.11 bits per heavy atom. The molecule has 1 aromatic rings. The van der Waals surface area contributed by atoms with Crippen LogP contribution in [0.5, 0.6) is 5.75 Å². The Morgan fingerprint density at radius 3 is 2.42 bits per heavy atom. The Morgan fingerprint density at radius 2 is 1.79 bits per heavy atom. The summed E-state index contributed by atoms with van der Waals surface area (Å²) in [5, 5.41) is 0. The lowest BCUT2D eigenvalue weighted by Gasteiger charge is -2.07. The minimum absolute atomic E-state index is 0.212. The van der Waals surface area contributed by atoms with Crippen molar-refractivity contribution in [2.75, 3.05) is 6.61 Å². The van der Waals surface area contributed by atoms with Crippen LogP contribution in [-0.4, -0.2) is 24.5 Å². The highest BCUT2D eigenvalue weighted by Gasteiger charge is 2.15. The van der Waals surface area contributed by atoms with Crippen LogP contribution in [0, 0.1) is 0 Å². The third kappa shape index (κ3) is 6.60. The first-order valence-electron chi connectivity index (χ1n) is 6.51. The molecule has 0 heterocycles. The Balaban J connectivity index is 2.11. The fourth-order valence-electron chi connectivity index (χ4n) is 1.48. The van der Waals surface area contributed by atoms with Gasteiger partial charge < -0.3 is 9.47 Å². The predicted octanol–water partition coefficient (Wildman–Crippen LogP) is 2.76. The van der Waals surface area contributed by atoms with Crippen LogP contribution < -0.4 is 4.74 Å². The maximum Gasteiger partial charge on any atom is 0.374 e. The standard InChI is InChI=1S/C15H20O4/c1-12(2)19-15(17)14(16)10-6-7-11-18-13-8-4-3-5-9-13/h3-5,8-9,12H,6-7,10-11H2,1-2H3. The molecule has 0 saturated heterocycles. The van der Waals surface area contributed by atoms with Gasteiger partial charge in [0, 0.05) is 6.42 Å². The lowest BCUT2D eigenvalue weighted by molar-refractivity contribution is -0.156. The van der Waals surface area contributed by atoms with E-state index in [1.165, 1.54) is 0 Å². The zero-order valence-electron chi connectivity index (χ0n) is 11.4. The number of ketones is 1. The summed E-state index contributed by atoms with van der Waals surface area (Å²) in [4.78, 5) is 22.6. The smallest absolute Gasteiger partial charge is 0.374 e. The van der Waals surface area contributed by atoms with Crippen molar-refractivity contribution >= 4 is 11.8 Å². The van der Waals surface area contributed by atoms with Gasteiger partial charge in [0.2, 0.25) is 5.78 Å². The van der Waals surface area contributed by atoms with Gasteiger partial charge in [-0.25, -0.2) is 4.79 Å². The number of para-hydroxylation sites is 1. The monoisotopic (exact) mass is 264 g/mol. The molecule has 1 aromatic carbocycles. The van der Waals surface area contributed by atoms with Crippen molar-refractivity contribution in [3.63, 3.8) is 0 Å². The molecular formula is C15H20O4. The van der Waals surface area contributed by atoms with Gasteiger partial charge in [-0.3, -0.25) is 4.79 Å². The number of hydrogen-bond donors (Lipinski definition) is 0. The SMILES string of the molecule is CC(C)OC(=O)C(=O)CCCCOc1ccccc1. The maximum atomic E-state index is 11.4. The molecular weight excluding hydrogens is 244 g/mol. The molecule has 0 unspecified atom stereocenters. The third-order valence-corrected chi connectivity index (χ3v) is 2.38. The summed E-state index contributed by atoms with van der Waals surface area (Å²) < 4.78 is 10.3. The minimum Gasteiger partial charge on any atom is -0.494 e. The lowest BCUT2D eigenvalue weighted by Crippen LogP contribution is -2.20. The van der Waals surface area contributed by atoms with Gasteiger partial charge in [0.1, 0.15) is 5.75 Å². The van der Waals surface area contributed by atoms with Crippen molar-refractivity contribution < 1.29 is 19.1 Å². The van der Waals surface area contributed by atoms with Gasteiger partial charge in [-0.1, -0.05) is 18.2 Å². The molecule has 1 rings (SSSR count). The number of rotatable bonds is 8. The molecule has 0 aliphatic rings. The lowest BCUT2D eigenvalue weighted by atomic mass is 10.2. The van der Waals surface area contributed by atoms with Gasteiger partial charge in [-0.05, 0) is 38.8 Å². The molecule has 0 saturated carbocycles. The van der Waals surface area contributed by atoms with Crippen LogP contribution >= 0.6 is 0 Å². The van der Waals surface area contributed by atoms with Crippen molar-refractivity contribution in [1.82, 2.24) is 0 Å². The maximum absolute atomic E-state index is 11.4. The minimum atomic E-state index is -0.737. The van der Waals surface area contributed by atoms with E-state index in [4.69, 9.17) is 9.47 Å². The molecule has 0 fully saturated rings. The average Bonchev–Trinajstić information content (AvgIpc) is 2.38. The second kappa shape index (κ2) is 8.29. The summed E-state index contributed by atoms with van der Waals surface area (Å²) in [6, 6.07) is 9.49. The molecule has 0 amide bonds. The van der Waals surface area contributed by atoms with Crippen LogP contribution in [0.3, 0.4) is 0 Å². The predicted molar refractivity (Wildman–Crippen MR) is 72.0 cm³/mol. The number of carbonyl (C=O) groups excluding carboxylic acids is 2. The molecule has 4 heteroatoms. The van der Waals surface area contributed by atoms with Crippen LogP contribution in [0.1, 0.15) is 33.1 Å². The molecule has 0 atom stereocenters. The van der Waals surface area contributed by atoms with Gasteiger partial charge in [0.15, 0.2) is 0 Å². The molecule has 0 aliphatic heterocycles. The van der Waals surface area contributed by atoms with E-state index in [9.17, 15) is 9.59 Å². The molecule has 0 N–H and O–H groups in total. The van der Waals surface area contributed by atoms with Crippen LogP contribution in [-0.2, 0) is 14.3 Å². The Bertz CT molecular complexity index is 398. The van der Waals surface area contributed by atoms with Crippen molar-refractivity contribution in [3.05, 3.63) is 30.3 Å². The molecule has 4 nitrogen and oxygen atoms in total. The van der Waals surface area contributed by atoms with Crippen molar-refractivity contribution in [1.29, 1.82) is 0 Å². The van der Waals surface area contributed by atoms with E-state index in [0.717, 1.165) is 12.2 Å². The Kier molecular flexibility index (Phi) is 6.64. The average molecular weight is 264 g/mol. The second-order valence-electron chi connectivity index (χ2n) is 4.50. The summed E-state index contributed by atoms with van der Waals surface area (Å²) >= 11 is 0. The molecule has 0 bridgehead atoms. The molecule has 0 spiro atoms. The Labute approximate surface area is 113 Å². The number of benzene rings is 1. The van der Waals surface area contributed by atoms with E-state index in [0.29, 0.717) is 13.0 Å². The van der Waals surface area contributed by atoms with E-state index >= 15 is 0 Å². The fraction of sp³-hybridized carbons (Fsp3) is 0.467. The summed E-state index contributed by atoms with van der Waals surface area (Å²) in [5.41, 5.74) is 0. The summed E-state index contributed by atoms with van der Waals surface area (Å²) in [6.07, 6.45) is 1.32.